The third kappa shape index (κ3) is 9.49. The lowest BCUT2D eigenvalue weighted by Crippen LogP contribution is -2.39. The quantitative estimate of drug-likeness (QED) is 0.355. The number of benzene rings is 3. The van der Waals surface area contributed by atoms with E-state index in [1.807, 2.05) is 72.8 Å². The van der Waals surface area contributed by atoms with Crippen LogP contribution in [0.4, 0.5) is 23.7 Å². The van der Waals surface area contributed by atoms with Crippen LogP contribution in [0, 0.1) is 0 Å². The number of carboxylic acids is 1. The number of para-hydroxylation sites is 1. The Hall–Kier alpha value is -4.05. The summed E-state index contributed by atoms with van der Waals surface area (Å²) in [4.78, 5) is 24.1. The molecule has 3 N–H and O–H groups in total. The normalized spacial score (nSPS) is 14.1. The molecule has 0 aromatic heterocycles. The van der Waals surface area contributed by atoms with Crippen molar-refractivity contribution < 1.29 is 32.6 Å². The molecule has 3 aromatic carbocycles. The van der Waals surface area contributed by atoms with Gasteiger partial charge in [-0.15, -0.1) is 0 Å². The number of aliphatic carboxylic acids is 1. The van der Waals surface area contributed by atoms with Gasteiger partial charge in [0.15, 0.2) is 0 Å². The van der Waals surface area contributed by atoms with Crippen LogP contribution in [-0.2, 0) is 4.79 Å². The van der Waals surface area contributed by atoms with Crippen molar-refractivity contribution in [3.8, 4) is 11.5 Å². The number of carbonyl (C=O) groups is 2. The van der Waals surface area contributed by atoms with Crippen LogP contribution >= 0.6 is 0 Å². The molecule has 1 heterocycles. The Bertz CT molecular complexity index is 1140. The van der Waals surface area contributed by atoms with Gasteiger partial charge in [-0.05, 0) is 55.8 Å². The van der Waals surface area contributed by atoms with Gasteiger partial charge in [-0.2, -0.15) is 13.2 Å². The minimum atomic E-state index is -5.08. The lowest BCUT2D eigenvalue weighted by atomic mass is 10.1. The van der Waals surface area contributed by atoms with Crippen LogP contribution in [-0.4, -0.2) is 47.8 Å². The SMILES string of the molecule is O=C(Nc1cccc(Oc2ccccc2)c1)NC(CN1CCCC1)c1ccccc1.O=C(O)C(F)(F)F. The smallest absolute Gasteiger partial charge is 0.475 e. The zero-order valence-corrected chi connectivity index (χ0v) is 19.9. The molecular formula is C27H28F3N3O4. The molecule has 196 valence electrons. The van der Waals surface area contributed by atoms with E-state index in [2.05, 4.69) is 27.7 Å². The Balaban J connectivity index is 0.000000479. The first-order valence-corrected chi connectivity index (χ1v) is 11.7. The molecule has 1 aliphatic heterocycles. The van der Waals surface area contributed by atoms with Crippen LogP contribution in [0.2, 0.25) is 0 Å². The molecule has 1 aliphatic rings. The molecule has 1 saturated heterocycles. The van der Waals surface area contributed by atoms with Gasteiger partial charge in [0.25, 0.3) is 0 Å². The second-order valence-corrected chi connectivity index (χ2v) is 8.32. The minimum absolute atomic E-state index is 0.0620. The largest absolute Gasteiger partial charge is 0.490 e. The average molecular weight is 516 g/mol. The van der Waals surface area contributed by atoms with Crippen molar-refractivity contribution in [1.29, 1.82) is 0 Å². The predicted molar refractivity (Wildman–Crippen MR) is 134 cm³/mol. The fourth-order valence-electron chi connectivity index (χ4n) is 3.73. The maximum atomic E-state index is 12.8. The second kappa shape index (κ2) is 13.3. The van der Waals surface area contributed by atoms with Gasteiger partial charge in [0.2, 0.25) is 0 Å². The number of hydrogen-bond donors (Lipinski definition) is 3. The molecule has 1 unspecified atom stereocenters. The summed E-state index contributed by atoms with van der Waals surface area (Å²) >= 11 is 0. The number of nitrogens with zero attached hydrogens (tertiary/aromatic N) is 1. The molecule has 1 fully saturated rings. The molecule has 0 spiro atoms. The van der Waals surface area contributed by atoms with E-state index in [-0.39, 0.29) is 12.1 Å². The summed E-state index contributed by atoms with van der Waals surface area (Å²) in [5.41, 5.74) is 1.80. The van der Waals surface area contributed by atoms with Gasteiger partial charge >= 0.3 is 18.2 Å². The lowest BCUT2D eigenvalue weighted by molar-refractivity contribution is -0.192. The maximum absolute atomic E-state index is 12.8. The van der Waals surface area contributed by atoms with E-state index in [0.717, 1.165) is 30.9 Å². The number of likely N-dealkylation sites (tertiary alicyclic amines) is 1. The Morgan fingerprint density at radius 2 is 1.46 bits per heavy atom. The summed E-state index contributed by atoms with van der Waals surface area (Å²) < 4.78 is 37.6. The highest BCUT2D eigenvalue weighted by Crippen LogP contribution is 2.24. The third-order valence-corrected chi connectivity index (χ3v) is 5.46. The maximum Gasteiger partial charge on any atom is 0.490 e. The minimum Gasteiger partial charge on any atom is -0.475 e. The summed E-state index contributed by atoms with van der Waals surface area (Å²) in [5, 5.41) is 13.2. The summed E-state index contributed by atoms with van der Waals surface area (Å²) in [6, 6.07) is 26.9. The van der Waals surface area contributed by atoms with Crippen molar-refractivity contribution in [3.05, 3.63) is 90.5 Å². The lowest BCUT2D eigenvalue weighted by Gasteiger charge is -2.25. The highest BCUT2D eigenvalue weighted by atomic mass is 19.4. The molecule has 0 saturated carbocycles. The molecule has 10 heteroatoms. The molecular weight excluding hydrogens is 487 g/mol. The number of amides is 2. The molecule has 0 aliphatic carbocycles. The zero-order valence-electron chi connectivity index (χ0n) is 19.9. The number of carbonyl (C=O) groups excluding carboxylic acids is 1. The molecule has 7 nitrogen and oxygen atoms in total. The highest BCUT2D eigenvalue weighted by molar-refractivity contribution is 5.89. The zero-order chi connectivity index (χ0) is 26.7. The Labute approximate surface area is 212 Å². The summed E-state index contributed by atoms with van der Waals surface area (Å²) in [5.74, 6) is -1.32. The monoisotopic (exact) mass is 515 g/mol. The van der Waals surface area contributed by atoms with Crippen LogP contribution < -0.4 is 15.4 Å². The Kier molecular flexibility index (Phi) is 9.91. The fraction of sp³-hybridized carbons (Fsp3) is 0.259. The van der Waals surface area contributed by atoms with E-state index < -0.39 is 12.1 Å². The van der Waals surface area contributed by atoms with Crippen molar-refractivity contribution >= 4 is 17.7 Å². The van der Waals surface area contributed by atoms with Crippen LogP contribution in [0.3, 0.4) is 0 Å². The van der Waals surface area contributed by atoms with Crippen molar-refractivity contribution in [1.82, 2.24) is 10.2 Å². The first-order valence-electron chi connectivity index (χ1n) is 11.7. The van der Waals surface area contributed by atoms with Crippen molar-refractivity contribution in [2.45, 2.75) is 25.1 Å². The number of hydrogen-bond acceptors (Lipinski definition) is 4. The molecule has 37 heavy (non-hydrogen) atoms. The van der Waals surface area contributed by atoms with E-state index in [1.165, 1.54) is 12.8 Å². The van der Waals surface area contributed by atoms with Crippen molar-refractivity contribution in [3.63, 3.8) is 0 Å². The van der Waals surface area contributed by atoms with E-state index >= 15 is 0 Å². The number of alkyl halides is 3. The average Bonchev–Trinajstić information content (AvgIpc) is 3.38. The first kappa shape index (κ1) is 27.5. The topological polar surface area (TPSA) is 90.9 Å². The van der Waals surface area contributed by atoms with Crippen LogP contribution in [0.25, 0.3) is 0 Å². The standard InChI is InChI=1S/C25H27N3O2.C2HF3O2/c29-25(26-21-12-9-15-23(18-21)30-22-13-5-2-6-14-22)27-24(19-28-16-7-8-17-28)20-10-3-1-4-11-20;3-2(4,5)1(6)7/h1-6,9-15,18,24H,7-8,16-17,19H2,(H2,26,27,29);(H,6,7). The van der Waals surface area contributed by atoms with Gasteiger partial charge in [0.05, 0.1) is 6.04 Å². The second-order valence-electron chi connectivity index (χ2n) is 8.32. The van der Waals surface area contributed by atoms with E-state index in [9.17, 15) is 18.0 Å². The Morgan fingerprint density at radius 1 is 0.892 bits per heavy atom. The fourth-order valence-corrected chi connectivity index (χ4v) is 3.73. The molecule has 0 bridgehead atoms. The number of carboxylic acid groups (broad SMARTS) is 1. The number of anilines is 1. The molecule has 2 amide bonds. The number of halogens is 3. The van der Waals surface area contributed by atoms with Gasteiger partial charge < -0.3 is 25.4 Å². The molecule has 0 radical (unpaired) electrons. The Morgan fingerprint density at radius 3 is 2.05 bits per heavy atom. The van der Waals surface area contributed by atoms with Gasteiger partial charge in [-0.1, -0.05) is 54.6 Å². The van der Waals surface area contributed by atoms with Gasteiger partial charge in [-0.25, -0.2) is 9.59 Å². The summed E-state index contributed by atoms with van der Waals surface area (Å²) in [7, 11) is 0. The van der Waals surface area contributed by atoms with Crippen molar-refractivity contribution in [2.75, 3.05) is 25.0 Å². The number of ether oxygens (including phenoxy) is 1. The van der Waals surface area contributed by atoms with E-state index in [1.54, 1.807) is 0 Å². The first-order chi connectivity index (χ1) is 17.7. The summed E-state index contributed by atoms with van der Waals surface area (Å²) in [6.45, 7) is 2.99. The third-order valence-electron chi connectivity index (χ3n) is 5.46. The number of urea groups is 1. The highest BCUT2D eigenvalue weighted by Gasteiger charge is 2.38. The van der Waals surface area contributed by atoms with Crippen LogP contribution in [0.1, 0.15) is 24.4 Å². The van der Waals surface area contributed by atoms with Crippen LogP contribution in [0.5, 0.6) is 11.5 Å². The van der Waals surface area contributed by atoms with Crippen LogP contribution in [0.15, 0.2) is 84.9 Å². The number of rotatable bonds is 7. The van der Waals surface area contributed by atoms with Gasteiger partial charge in [-0.3, -0.25) is 0 Å². The van der Waals surface area contributed by atoms with E-state index in [4.69, 9.17) is 14.6 Å². The predicted octanol–water partition coefficient (Wildman–Crippen LogP) is 6.07. The van der Waals surface area contributed by atoms with Gasteiger partial charge in [0.1, 0.15) is 11.5 Å². The molecule has 4 rings (SSSR count). The molecule has 3 aromatic rings. The summed E-state index contributed by atoms with van der Waals surface area (Å²) in [6.07, 6.45) is -2.64. The molecule has 1 atom stereocenters. The van der Waals surface area contributed by atoms with Gasteiger partial charge in [0, 0.05) is 18.3 Å². The van der Waals surface area contributed by atoms with E-state index in [0.29, 0.717) is 11.4 Å². The van der Waals surface area contributed by atoms with Crippen molar-refractivity contribution in [2.24, 2.45) is 0 Å². The number of nitrogens with one attached hydrogen (secondary N) is 2.